The molecule has 15 nitrogen and oxygen atoms in total. The smallest absolute Gasteiger partial charge is 0.335 e. The number of Topliss-reactive ketones (excluding diaryl/α,β-unsaturated/α-hetero) is 2. The van der Waals surface area contributed by atoms with E-state index in [4.69, 9.17) is 33.2 Å². The molecular formula is C47H73NO14. The number of allylic oxidation sites excluding steroid dienone is 3. The SMILES string of the molecule is CC[C@@H]1/C=C(\C)C[C@H](C)C[C@H](OC)[C@H]2O[C@@](O)(C(=O)C(=O)N3CCCC[C@H]3C(=O)O[C@H](/C(C)=C/[C@@H]3CC[C@@H](OC4CCOC4=O)[C@H](OC)C3)[C@H](C)[C@@H](O)CC1=O)[C@H](C)C[C@@H]2OC. The molecular weight excluding hydrogens is 803 g/mol. The third-order valence-corrected chi connectivity index (χ3v) is 14.1. The van der Waals surface area contributed by atoms with Crippen LogP contribution in [-0.4, -0.2) is 140 Å². The first-order valence-corrected chi connectivity index (χ1v) is 22.9. The number of carbonyl (C=O) groups is 5. The van der Waals surface area contributed by atoms with Crippen LogP contribution in [0.3, 0.4) is 0 Å². The summed E-state index contributed by atoms with van der Waals surface area (Å²) in [7, 11) is 4.67. The standard InChI is InChI=1S/C47H73NO14/c1-10-32-20-26(2)19-27(3)21-39(57-8)42-40(58-9)23-29(5)47(55,62-42)43(51)44(52)48-17-12-11-13-33(48)45(53)61-41(30(6)34(49)25-35(32)50)28(4)22-31-14-15-36(38(24-31)56-7)60-37-16-18-59-46(37)54/h20,22,27,29-34,36-42,49,55H,10-19,21,23-25H2,1-9H3/b26-20+,28-22+/t27-,29+,30+,31-,32+,33-,34-,36+,37?,38+,39-,40-,41+,42+,47+/m0/s1. The van der Waals surface area contributed by atoms with Gasteiger partial charge in [0, 0.05) is 58.5 Å². The quantitative estimate of drug-likeness (QED) is 0.192. The minimum atomic E-state index is -2.52. The van der Waals surface area contributed by atoms with Crippen molar-refractivity contribution in [1.82, 2.24) is 4.90 Å². The fourth-order valence-corrected chi connectivity index (χ4v) is 10.3. The molecule has 2 N–H and O–H groups in total. The Morgan fingerprint density at radius 3 is 2.23 bits per heavy atom. The van der Waals surface area contributed by atoms with Crippen LogP contribution in [0.5, 0.6) is 0 Å². The number of ether oxygens (including phenoxy) is 7. The van der Waals surface area contributed by atoms with Gasteiger partial charge >= 0.3 is 11.9 Å². The topological polar surface area (TPSA) is 194 Å². The second-order valence-corrected chi connectivity index (χ2v) is 18.7. The molecule has 2 bridgehead atoms. The first-order chi connectivity index (χ1) is 29.4. The molecule has 1 saturated carbocycles. The molecule has 4 fully saturated rings. The Kier molecular flexibility index (Phi) is 17.9. The fourth-order valence-electron chi connectivity index (χ4n) is 10.3. The molecule has 5 rings (SSSR count). The highest BCUT2D eigenvalue weighted by Crippen LogP contribution is 2.39. The van der Waals surface area contributed by atoms with Gasteiger partial charge in [-0.1, -0.05) is 45.4 Å². The van der Waals surface area contributed by atoms with Gasteiger partial charge in [0.2, 0.25) is 5.79 Å². The van der Waals surface area contributed by atoms with Gasteiger partial charge in [0.15, 0.2) is 6.10 Å². The number of hydrogen-bond acceptors (Lipinski definition) is 14. The number of nitrogens with zero attached hydrogens (tertiary/aromatic N) is 1. The van der Waals surface area contributed by atoms with Gasteiger partial charge in [-0.15, -0.1) is 0 Å². The molecule has 350 valence electrons. The van der Waals surface area contributed by atoms with Gasteiger partial charge in [0.1, 0.15) is 24.0 Å². The number of fused-ring (bicyclic) bond motifs is 3. The molecule has 62 heavy (non-hydrogen) atoms. The lowest BCUT2D eigenvalue weighted by molar-refractivity contribution is -0.302. The van der Waals surface area contributed by atoms with Crippen LogP contribution in [0.2, 0.25) is 0 Å². The Morgan fingerprint density at radius 2 is 1.58 bits per heavy atom. The molecule has 5 aliphatic rings. The summed E-state index contributed by atoms with van der Waals surface area (Å²) in [5, 5.41) is 23.9. The summed E-state index contributed by atoms with van der Waals surface area (Å²) >= 11 is 0. The average Bonchev–Trinajstić information content (AvgIpc) is 3.66. The van der Waals surface area contributed by atoms with Crippen molar-refractivity contribution in [3.63, 3.8) is 0 Å². The zero-order chi connectivity index (χ0) is 45.5. The first kappa shape index (κ1) is 50.0. The van der Waals surface area contributed by atoms with E-state index in [2.05, 4.69) is 0 Å². The van der Waals surface area contributed by atoms with E-state index >= 15 is 0 Å². The molecule has 1 aliphatic carbocycles. The molecule has 3 saturated heterocycles. The molecule has 0 radical (unpaired) electrons. The third kappa shape index (κ3) is 11.6. The Labute approximate surface area is 367 Å². The van der Waals surface area contributed by atoms with Crippen molar-refractivity contribution in [2.24, 2.45) is 29.6 Å². The lowest BCUT2D eigenvalue weighted by atomic mass is 9.81. The highest BCUT2D eigenvalue weighted by atomic mass is 16.7. The number of methoxy groups -OCH3 is 3. The Balaban J connectivity index is 1.48. The highest BCUT2D eigenvalue weighted by Gasteiger charge is 2.56. The van der Waals surface area contributed by atoms with Crippen LogP contribution in [0, 0.1) is 29.6 Å². The lowest BCUT2D eigenvalue weighted by Crippen LogP contribution is -2.64. The highest BCUT2D eigenvalue weighted by molar-refractivity contribution is 6.39. The van der Waals surface area contributed by atoms with E-state index in [0.29, 0.717) is 70.0 Å². The number of amides is 1. The van der Waals surface area contributed by atoms with Gasteiger partial charge < -0.3 is 48.3 Å². The monoisotopic (exact) mass is 876 g/mol. The summed E-state index contributed by atoms with van der Waals surface area (Å²) < 4.78 is 41.4. The zero-order valence-electron chi connectivity index (χ0n) is 38.4. The van der Waals surface area contributed by atoms with Gasteiger partial charge in [0.05, 0.1) is 37.1 Å². The summed E-state index contributed by atoms with van der Waals surface area (Å²) in [6.45, 7) is 11.6. The number of aliphatic hydroxyl groups is 2. The van der Waals surface area contributed by atoms with Gasteiger partial charge in [-0.2, -0.15) is 0 Å². The van der Waals surface area contributed by atoms with Gasteiger partial charge in [-0.3, -0.25) is 14.4 Å². The van der Waals surface area contributed by atoms with Gasteiger partial charge in [-0.25, -0.2) is 9.59 Å². The molecule has 0 aromatic heterocycles. The van der Waals surface area contributed by atoms with Crippen molar-refractivity contribution in [2.45, 2.75) is 179 Å². The van der Waals surface area contributed by atoms with Crippen LogP contribution in [0.25, 0.3) is 0 Å². The van der Waals surface area contributed by atoms with Gasteiger partial charge in [-0.05, 0) is 95.5 Å². The van der Waals surface area contributed by atoms with Crippen LogP contribution in [-0.2, 0) is 57.1 Å². The van der Waals surface area contributed by atoms with Crippen LogP contribution in [0.15, 0.2) is 23.3 Å². The largest absolute Gasteiger partial charge is 0.464 e. The van der Waals surface area contributed by atoms with Crippen molar-refractivity contribution in [3.8, 4) is 0 Å². The molecule has 15 heteroatoms. The second kappa shape index (κ2) is 22.2. The van der Waals surface area contributed by atoms with Crippen LogP contribution < -0.4 is 0 Å². The van der Waals surface area contributed by atoms with E-state index in [0.717, 1.165) is 5.57 Å². The predicted octanol–water partition coefficient (Wildman–Crippen LogP) is 4.81. The number of hydrogen-bond donors (Lipinski definition) is 2. The lowest BCUT2D eigenvalue weighted by Gasteiger charge is -2.47. The summed E-state index contributed by atoms with van der Waals surface area (Å²) in [5.74, 6) is -8.03. The predicted molar refractivity (Wildman–Crippen MR) is 226 cm³/mol. The molecule has 0 aromatic carbocycles. The fraction of sp³-hybridized carbons (Fsp3) is 0.809. The summed E-state index contributed by atoms with van der Waals surface area (Å²) in [6.07, 6.45) is 3.81. The van der Waals surface area contributed by atoms with E-state index < -0.39 is 83.9 Å². The summed E-state index contributed by atoms with van der Waals surface area (Å²) in [5.41, 5.74) is 1.64. The van der Waals surface area contributed by atoms with Crippen LogP contribution in [0.1, 0.15) is 119 Å². The van der Waals surface area contributed by atoms with E-state index in [1.54, 1.807) is 21.0 Å². The normalized spacial score (nSPS) is 41.1. The Bertz CT molecular complexity index is 1650. The summed E-state index contributed by atoms with van der Waals surface area (Å²) in [4.78, 5) is 70.3. The molecule has 0 spiro atoms. The number of aliphatic hydroxyl groups excluding tert-OH is 1. The molecule has 1 unspecified atom stereocenters. The second-order valence-electron chi connectivity index (χ2n) is 18.7. The van der Waals surface area contributed by atoms with Crippen LogP contribution >= 0.6 is 0 Å². The van der Waals surface area contributed by atoms with E-state index in [1.807, 2.05) is 39.8 Å². The number of rotatable bonds is 8. The van der Waals surface area contributed by atoms with Crippen molar-refractivity contribution in [3.05, 3.63) is 23.3 Å². The van der Waals surface area contributed by atoms with E-state index in [9.17, 15) is 34.2 Å². The number of ketones is 2. The van der Waals surface area contributed by atoms with E-state index in [-0.39, 0.29) is 61.6 Å². The number of piperidine rings is 1. The zero-order valence-corrected chi connectivity index (χ0v) is 38.4. The first-order valence-electron chi connectivity index (χ1n) is 22.9. The summed E-state index contributed by atoms with van der Waals surface area (Å²) in [6, 6.07) is -1.15. The van der Waals surface area contributed by atoms with Crippen molar-refractivity contribution in [2.75, 3.05) is 34.5 Å². The minimum absolute atomic E-state index is 0.0232. The molecule has 15 atom stereocenters. The van der Waals surface area contributed by atoms with Crippen molar-refractivity contribution < 1.29 is 67.3 Å². The number of esters is 2. The Hall–Kier alpha value is -3.05. The number of cyclic esters (lactones) is 2. The molecule has 4 aliphatic heterocycles. The van der Waals surface area contributed by atoms with Crippen molar-refractivity contribution >= 4 is 29.4 Å². The molecule has 4 heterocycles. The Morgan fingerprint density at radius 1 is 0.887 bits per heavy atom. The van der Waals surface area contributed by atoms with E-state index in [1.165, 1.54) is 19.1 Å². The molecule has 0 aromatic rings. The van der Waals surface area contributed by atoms with Crippen molar-refractivity contribution in [1.29, 1.82) is 0 Å². The minimum Gasteiger partial charge on any atom is -0.464 e. The maximum absolute atomic E-state index is 14.4. The number of carbonyl (C=O) groups excluding carboxylic acids is 5. The average molecular weight is 876 g/mol. The third-order valence-electron chi connectivity index (χ3n) is 14.1. The molecule has 1 amide bonds. The maximum atomic E-state index is 14.4. The maximum Gasteiger partial charge on any atom is 0.335 e. The van der Waals surface area contributed by atoms with Gasteiger partial charge in [0.25, 0.3) is 11.7 Å². The van der Waals surface area contributed by atoms with Crippen LogP contribution in [0.4, 0.5) is 0 Å².